The van der Waals surface area contributed by atoms with E-state index >= 15 is 0 Å². The van der Waals surface area contributed by atoms with Crippen molar-refractivity contribution < 1.29 is 4.79 Å². The lowest BCUT2D eigenvalue weighted by molar-refractivity contribution is -0.116. The summed E-state index contributed by atoms with van der Waals surface area (Å²) in [5.74, 6) is 0.301. The Labute approximate surface area is 162 Å². The molecule has 2 aliphatic rings. The number of aromatic nitrogens is 2. The highest BCUT2D eigenvalue weighted by Crippen LogP contribution is 2.43. The van der Waals surface area contributed by atoms with E-state index in [0.29, 0.717) is 23.0 Å². The van der Waals surface area contributed by atoms with Crippen molar-refractivity contribution in [1.29, 1.82) is 0 Å². The third-order valence-corrected chi connectivity index (χ3v) is 5.75. The fourth-order valence-corrected chi connectivity index (χ4v) is 4.21. The maximum Gasteiger partial charge on any atom is 0.257 e. The van der Waals surface area contributed by atoms with E-state index in [1.54, 1.807) is 0 Å². The Bertz CT molecular complexity index is 992. The first-order chi connectivity index (χ1) is 13.0. The van der Waals surface area contributed by atoms with Gasteiger partial charge >= 0.3 is 0 Å². The largest absolute Gasteiger partial charge is 0.378 e. The fourth-order valence-electron chi connectivity index (χ4n) is 3.84. The Balaban J connectivity index is 1.92. The monoisotopic (exact) mass is 382 g/mol. The Morgan fingerprint density at radius 3 is 2.56 bits per heavy atom. The average molecular weight is 382 g/mol. The lowest BCUT2D eigenvalue weighted by Crippen LogP contribution is -2.32. The van der Waals surface area contributed by atoms with Crippen LogP contribution in [0, 0.1) is 0 Å². The van der Waals surface area contributed by atoms with Gasteiger partial charge in [0, 0.05) is 43.4 Å². The van der Waals surface area contributed by atoms with Crippen LogP contribution >= 0.6 is 11.8 Å². The molecule has 0 radical (unpaired) electrons. The number of benzene rings is 1. The molecule has 1 unspecified atom stereocenters. The van der Waals surface area contributed by atoms with Gasteiger partial charge in [0.2, 0.25) is 0 Å². The lowest BCUT2D eigenvalue weighted by Gasteiger charge is -2.33. The molecule has 6 nitrogen and oxygen atoms in total. The summed E-state index contributed by atoms with van der Waals surface area (Å²) in [6.07, 6.45) is 4.02. The first kappa shape index (κ1) is 17.9. The van der Waals surface area contributed by atoms with E-state index in [1.807, 2.05) is 49.5 Å². The zero-order valence-corrected chi connectivity index (χ0v) is 16.4. The number of Topliss-reactive ketones (excluding diaryl/α,β-unsaturated/α-hetero) is 1. The number of hydrogen-bond acceptors (Lipinski definition) is 6. The van der Waals surface area contributed by atoms with Gasteiger partial charge in [0.15, 0.2) is 10.9 Å². The Kier molecular flexibility index (Phi) is 4.55. The van der Waals surface area contributed by atoms with Gasteiger partial charge in [-0.05, 0) is 36.8 Å². The SMILES string of the molecule is CSc1nc2c(c(=O)[nH]1)C(c1ccc(N(C)C)cc1)C1=C(CCCC1=O)N2. The molecule has 27 heavy (non-hydrogen) atoms. The van der Waals surface area contributed by atoms with E-state index in [9.17, 15) is 9.59 Å². The van der Waals surface area contributed by atoms with Gasteiger partial charge in [-0.15, -0.1) is 0 Å². The van der Waals surface area contributed by atoms with E-state index in [2.05, 4.69) is 15.3 Å². The van der Waals surface area contributed by atoms with Gasteiger partial charge in [0.05, 0.1) is 5.56 Å². The zero-order chi connectivity index (χ0) is 19.1. The fraction of sp³-hybridized carbons (Fsp3) is 0.350. The van der Waals surface area contributed by atoms with E-state index in [4.69, 9.17) is 0 Å². The van der Waals surface area contributed by atoms with Crippen LogP contribution in [0.3, 0.4) is 0 Å². The topological polar surface area (TPSA) is 78.1 Å². The van der Waals surface area contributed by atoms with Crippen molar-refractivity contribution in [2.24, 2.45) is 0 Å². The molecule has 0 saturated carbocycles. The highest BCUT2D eigenvalue weighted by atomic mass is 32.2. The van der Waals surface area contributed by atoms with Crippen molar-refractivity contribution >= 4 is 29.1 Å². The molecule has 0 amide bonds. The van der Waals surface area contributed by atoms with Crippen molar-refractivity contribution in [3.8, 4) is 0 Å². The number of carbonyl (C=O) groups excluding carboxylic acids is 1. The Morgan fingerprint density at radius 1 is 1.15 bits per heavy atom. The maximum atomic E-state index is 12.9. The molecule has 7 heteroatoms. The molecular formula is C20H22N4O2S. The number of carbonyl (C=O) groups is 1. The minimum Gasteiger partial charge on any atom is -0.378 e. The van der Waals surface area contributed by atoms with Gasteiger partial charge in [0.1, 0.15) is 5.82 Å². The van der Waals surface area contributed by atoms with Crippen LogP contribution < -0.4 is 15.8 Å². The number of anilines is 2. The van der Waals surface area contributed by atoms with E-state index in [0.717, 1.165) is 35.4 Å². The first-order valence-corrected chi connectivity index (χ1v) is 10.2. The number of thioether (sulfide) groups is 1. The van der Waals surface area contributed by atoms with Crippen LogP contribution in [-0.2, 0) is 4.79 Å². The molecule has 1 aliphatic heterocycles. The van der Waals surface area contributed by atoms with Crippen LogP contribution in [0.1, 0.15) is 36.3 Å². The summed E-state index contributed by atoms with van der Waals surface area (Å²) in [4.78, 5) is 35.1. The van der Waals surface area contributed by atoms with Crippen LogP contribution in [-0.4, -0.2) is 36.1 Å². The van der Waals surface area contributed by atoms with Crippen molar-refractivity contribution in [1.82, 2.24) is 9.97 Å². The van der Waals surface area contributed by atoms with Crippen LogP contribution in [0.15, 0.2) is 45.5 Å². The Morgan fingerprint density at radius 2 is 1.89 bits per heavy atom. The number of nitrogens with one attached hydrogen (secondary N) is 2. The predicted octanol–water partition coefficient (Wildman–Crippen LogP) is 3.12. The molecule has 2 N–H and O–H groups in total. The lowest BCUT2D eigenvalue weighted by atomic mass is 9.76. The molecule has 1 aromatic heterocycles. The number of nitrogens with zero attached hydrogens (tertiary/aromatic N) is 2. The number of aromatic amines is 1. The smallest absolute Gasteiger partial charge is 0.257 e. The second kappa shape index (κ2) is 6.88. The highest BCUT2D eigenvalue weighted by molar-refractivity contribution is 7.98. The highest BCUT2D eigenvalue weighted by Gasteiger charge is 2.37. The second-order valence-electron chi connectivity index (χ2n) is 7.05. The molecule has 0 saturated heterocycles. The molecule has 1 aliphatic carbocycles. The summed E-state index contributed by atoms with van der Waals surface area (Å²) in [6.45, 7) is 0. The Hall–Kier alpha value is -2.54. The summed E-state index contributed by atoms with van der Waals surface area (Å²) >= 11 is 1.39. The molecule has 1 aromatic carbocycles. The summed E-state index contributed by atoms with van der Waals surface area (Å²) in [6, 6.07) is 8.04. The van der Waals surface area contributed by atoms with Crippen molar-refractivity contribution in [2.45, 2.75) is 30.3 Å². The number of fused-ring (bicyclic) bond motifs is 1. The second-order valence-corrected chi connectivity index (χ2v) is 7.85. The summed E-state index contributed by atoms with van der Waals surface area (Å²) in [5, 5.41) is 3.85. The van der Waals surface area contributed by atoms with E-state index in [-0.39, 0.29) is 17.3 Å². The molecule has 4 rings (SSSR count). The minimum absolute atomic E-state index is 0.115. The molecule has 2 aromatic rings. The van der Waals surface area contributed by atoms with E-state index < -0.39 is 0 Å². The molecule has 0 bridgehead atoms. The standard InChI is InChI=1S/C20H22N4O2S/c1-24(2)12-9-7-11(8-10-12)15-16-13(5-4-6-14(16)25)21-18-17(15)19(26)23-20(22-18)27-3/h7-10,15H,4-6H2,1-3H3,(H2,21,22,23,26). The minimum atomic E-state index is -0.382. The number of hydrogen-bond donors (Lipinski definition) is 2. The normalized spacial score (nSPS) is 18.6. The van der Waals surface area contributed by atoms with Gasteiger partial charge in [-0.25, -0.2) is 4.98 Å². The van der Waals surface area contributed by atoms with Crippen LogP contribution in [0.2, 0.25) is 0 Å². The third kappa shape index (κ3) is 3.06. The summed E-state index contributed by atoms with van der Waals surface area (Å²) < 4.78 is 0. The van der Waals surface area contributed by atoms with Crippen molar-refractivity contribution in [3.05, 3.63) is 57.0 Å². The molecule has 140 valence electrons. The number of ketones is 1. The summed E-state index contributed by atoms with van der Waals surface area (Å²) in [5.41, 5.74) is 3.97. The van der Waals surface area contributed by atoms with Gasteiger partial charge < -0.3 is 15.2 Å². The number of rotatable bonds is 3. The number of H-pyrrole nitrogens is 1. The number of allylic oxidation sites excluding steroid dienone is 2. The molecule has 0 spiro atoms. The quantitative estimate of drug-likeness (QED) is 0.627. The van der Waals surface area contributed by atoms with Crippen LogP contribution in [0.5, 0.6) is 0 Å². The zero-order valence-electron chi connectivity index (χ0n) is 15.6. The molecular weight excluding hydrogens is 360 g/mol. The summed E-state index contributed by atoms with van der Waals surface area (Å²) in [7, 11) is 3.97. The van der Waals surface area contributed by atoms with Gasteiger partial charge in [-0.1, -0.05) is 23.9 Å². The van der Waals surface area contributed by atoms with Gasteiger partial charge in [0.25, 0.3) is 5.56 Å². The first-order valence-electron chi connectivity index (χ1n) is 8.98. The van der Waals surface area contributed by atoms with Gasteiger partial charge in [-0.2, -0.15) is 0 Å². The van der Waals surface area contributed by atoms with Crippen molar-refractivity contribution in [3.63, 3.8) is 0 Å². The third-order valence-electron chi connectivity index (χ3n) is 5.17. The van der Waals surface area contributed by atoms with Crippen molar-refractivity contribution in [2.75, 3.05) is 30.6 Å². The average Bonchev–Trinajstić information content (AvgIpc) is 2.66. The van der Waals surface area contributed by atoms with Crippen LogP contribution in [0.4, 0.5) is 11.5 Å². The molecule has 2 heterocycles. The molecule has 1 atom stereocenters. The molecule has 0 fully saturated rings. The van der Waals surface area contributed by atoms with Crippen LogP contribution in [0.25, 0.3) is 0 Å². The van der Waals surface area contributed by atoms with E-state index in [1.165, 1.54) is 11.8 Å². The predicted molar refractivity (Wildman–Crippen MR) is 109 cm³/mol. The maximum absolute atomic E-state index is 12.9. The van der Waals surface area contributed by atoms with Gasteiger partial charge in [-0.3, -0.25) is 9.59 Å².